The van der Waals surface area contributed by atoms with Crippen LogP contribution in [0, 0.1) is 13.8 Å². The number of anilines is 1. The van der Waals surface area contributed by atoms with Crippen LogP contribution in [0.2, 0.25) is 5.02 Å². The Morgan fingerprint density at radius 2 is 1.95 bits per heavy atom. The van der Waals surface area contributed by atoms with Gasteiger partial charge in [-0.25, -0.2) is 0 Å². The molecule has 1 heterocycles. The molecular weight excluding hydrogens is 296 g/mol. The second-order valence-corrected chi connectivity index (χ2v) is 5.95. The highest BCUT2D eigenvalue weighted by Crippen LogP contribution is 2.21. The van der Waals surface area contributed by atoms with Gasteiger partial charge in [0.1, 0.15) is 6.54 Å². The van der Waals surface area contributed by atoms with Crippen LogP contribution in [0.1, 0.15) is 11.1 Å². The fourth-order valence-electron chi connectivity index (χ4n) is 2.53. The van der Waals surface area contributed by atoms with E-state index in [4.69, 9.17) is 11.6 Å². The molecule has 1 N–H and O–H groups in total. The number of carbonyl (C=O) groups is 1. The van der Waals surface area contributed by atoms with Crippen molar-refractivity contribution in [2.45, 2.75) is 20.4 Å². The van der Waals surface area contributed by atoms with E-state index in [9.17, 15) is 4.79 Å². The number of halogens is 1. The Hall–Kier alpha value is -2.26. The van der Waals surface area contributed by atoms with E-state index in [1.165, 1.54) is 5.56 Å². The van der Waals surface area contributed by atoms with Crippen LogP contribution in [0.4, 0.5) is 5.69 Å². The number of benzene rings is 2. The average Bonchev–Trinajstić information content (AvgIpc) is 2.85. The van der Waals surface area contributed by atoms with Gasteiger partial charge in [-0.05, 0) is 55.1 Å². The highest BCUT2D eigenvalue weighted by molar-refractivity contribution is 6.31. The number of nitrogens with one attached hydrogen (secondary N) is 1. The lowest BCUT2D eigenvalue weighted by atomic mass is 10.2. The van der Waals surface area contributed by atoms with Crippen LogP contribution in [0.3, 0.4) is 0 Å². The maximum Gasteiger partial charge on any atom is 0.244 e. The predicted molar refractivity (Wildman–Crippen MR) is 91.5 cm³/mol. The molecule has 3 nitrogen and oxygen atoms in total. The molecule has 0 aliphatic heterocycles. The minimum absolute atomic E-state index is 0.0663. The maximum atomic E-state index is 12.3. The fourth-order valence-corrected chi connectivity index (χ4v) is 2.70. The van der Waals surface area contributed by atoms with Crippen molar-refractivity contribution < 1.29 is 4.79 Å². The summed E-state index contributed by atoms with van der Waals surface area (Å²) >= 11 is 5.98. The number of hydrogen-bond donors (Lipinski definition) is 1. The van der Waals surface area contributed by atoms with Crippen LogP contribution in [0.15, 0.2) is 48.7 Å². The molecule has 0 bridgehead atoms. The summed E-state index contributed by atoms with van der Waals surface area (Å²) in [6, 6.07) is 13.7. The van der Waals surface area contributed by atoms with E-state index in [1.807, 2.05) is 42.0 Å². The summed E-state index contributed by atoms with van der Waals surface area (Å²) in [6.07, 6.45) is 1.94. The summed E-state index contributed by atoms with van der Waals surface area (Å²) in [5, 5.41) is 4.68. The Labute approximate surface area is 134 Å². The van der Waals surface area contributed by atoms with Crippen molar-refractivity contribution >= 4 is 34.1 Å². The third-order valence-electron chi connectivity index (χ3n) is 3.71. The van der Waals surface area contributed by atoms with Crippen molar-refractivity contribution in [2.24, 2.45) is 0 Å². The molecule has 0 fully saturated rings. The Kier molecular flexibility index (Phi) is 3.90. The molecule has 2 aromatic carbocycles. The largest absolute Gasteiger partial charge is 0.338 e. The summed E-state index contributed by atoms with van der Waals surface area (Å²) in [4.78, 5) is 12.3. The molecule has 0 aliphatic carbocycles. The fraction of sp³-hybridized carbons (Fsp3) is 0.167. The van der Waals surface area contributed by atoms with Crippen LogP contribution in [0.25, 0.3) is 10.9 Å². The second kappa shape index (κ2) is 5.85. The highest BCUT2D eigenvalue weighted by Gasteiger charge is 2.08. The van der Waals surface area contributed by atoms with E-state index in [-0.39, 0.29) is 12.5 Å². The Balaban J connectivity index is 1.80. The zero-order valence-corrected chi connectivity index (χ0v) is 13.3. The highest BCUT2D eigenvalue weighted by atomic mass is 35.5. The molecular formula is C18H17ClN2O. The molecule has 3 aromatic rings. The first-order valence-corrected chi connectivity index (χ1v) is 7.52. The van der Waals surface area contributed by atoms with E-state index in [0.29, 0.717) is 5.02 Å². The molecule has 4 heteroatoms. The van der Waals surface area contributed by atoms with Gasteiger partial charge in [0, 0.05) is 22.4 Å². The zero-order valence-electron chi connectivity index (χ0n) is 12.6. The second-order valence-electron chi connectivity index (χ2n) is 5.51. The minimum atomic E-state index is -0.0663. The van der Waals surface area contributed by atoms with E-state index >= 15 is 0 Å². The molecule has 0 saturated carbocycles. The Bertz CT molecular complexity index is 851. The number of hydrogen-bond acceptors (Lipinski definition) is 1. The number of fused-ring (bicyclic) bond motifs is 1. The van der Waals surface area contributed by atoms with Gasteiger partial charge in [0.2, 0.25) is 5.91 Å². The van der Waals surface area contributed by atoms with Gasteiger partial charge in [0.15, 0.2) is 0 Å². The van der Waals surface area contributed by atoms with Crippen molar-refractivity contribution in [3.8, 4) is 0 Å². The molecule has 0 aliphatic rings. The van der Waals surface area contributed by atoms with Gasteiger partial charge in [-0.2, -0.15) is 0 Å². The molecule has 1 aromatic heterocycles. The van der Waals surface area contributed by atoms with Gasteiger partial charge in [0.05, 0.1) is 0 Å². The third kappa shape index (κ3) is 3.00. The molecule has 0 atom stereocenters. The standard InChI is InChI=1S/C18H17ClN2O/c1-12-3-6-17-14(9-12)7-8-21(17)11-18(22)20-16-10-15(19)5-4-13(16)2/h3-10H,11H2,1-2H3,(H,20,22). The maximum absolute atomic E-state index is 12.3. The smallest absolute Gasteiger partial charge is 0.244 e. The number of carbonyl (C=O) groups excluding carboxylic acids is 1. The van der Waals surface area contributed by atoms with Crippen molar-refractivity contribution in [1.29, 1.82) is 0 Å². The van der Waals surface area contributed by atoms with Gasteiger partial charge in [0.25, 0.3) is 0 Å². The Morgan fingerprint density at radius 3 is 2.77 bits per heavy atom. The van der Waals surface area contributed by atoms with E-state index in [0.717, 1.165) is 22.2 Å². The minimum Gasteiger partial charge on any atom is -0.338 e. The first-order chi connectivity index (χ1) is 10.5. The summed E-state index contributed by atoms with van der Waals surface area (Å²) in [6.45, 7) is 4.28. The topological polar surface area (TPSA) is 34.0 Å². The molecule has 0 radical (unpaired) electrons. The zero-order chi connectivity index (χ0) is 15.7. The van der Waals surface area contributed by atoms with Gasteiger partial charge < -0.3 is 9.88 Å². The van der Waals surface area contributed by atoms with Crippen molar-refractivity contribution in [3.05, 3.63) is 64.8 Å². The third-order valence-corrected chi connectivity index (χ3v) is 3.95. The predicted octanol–water partition coefficient (Wildman–Crippen LogP) is 4.55. The van der Waals surface area contributed by atoms with Crippen molar-refractivity contribution in [3.63, 3.8) is 0 Å². The van der Waals surface area contributed by atoms with Crippen molar-refractivity contribution in [2.75, 3.05) is 5.32 Å². The van der Waals surface area contributed by atoms with Gasteiger partial charge in [-0.15, -0.1) is 0 Å². The normalized spacial score (nSPS) is 10.9. The number of aromatic nitrogens is 1. The van der Waals surface area contributed by atoms with E-state index in [1.54, 1.807) is 6.07 Å². The first kappa shape index (κ1) is 14.7. The van der Waals surface area contributed by atoms with Crippen LogP contribution in [0.5, 0.6) is 0 Å². The lowest BCUT2D eigenvalue weighted by molar-refractivity contribution is -0.116. The lowest BCUT2D eigenvalue weighted by Crippen LogP contribution is -2.18. The SMILES string of the molecule is Cc1ccc2c(ccn2CC(=O)Nc2cc(Cl)ccc2C)c1. The number of aryl methyl sites for hydroxylation is 2. The van der Waals surface area contributed by atoms with Crippen LogP contribution < -0.4 is 5.32 Å². The summed E-state index contributed by atoms with van der Waals surface area (Å²) < 4.78 is 1.95. The Morgan fingerprint density at radius 1 is 1.14 bits per heavy atom. The average molecular weight is 313 g/mol. The van der Waals surface area contributed by atoms with Gasteiger partial charge in [-0.3, -0.25) is 4.79 Å². The monoisotopic (exact) mass is 312 g/mol. The van der Waals surface area contributed by atoms with Crippen LogP contribution >= 0.6 is 11.6 Å². The summed E-state index contributed by atoms with van der Waals surface area (Å²) in [5.74, 6) is -0.0663. The first-order valence-electron chi connectivity index (χ1n) is 7.14. The van der Waals surface area contributed by atoms with Gasteiger partial charge >= 0.3 is 0 Å². The van der Waals surface area contributed by atoms with E-state index < -0.39 is 0 Å². The number of nitrogens with zero attached hydrogens (tertiary/aromatic N) is 1. The van der Waals surface area contributed by atoms with Crippen LogP contribution in [-0.4, -0.2) is 10.5 Å². The molecule has 3 rings (SSSR count). The number of amides is 1. The van der Waals surface area contributed by atoms with Crippen LogP contribution in [-0.2, 0) is 11.3 Å². The lowest BCUT2D eigenvalue weighted by Gasteiger charge is -2.10. The summed E-state index contributed by atoms with van der Waals surface area (Å²) in [7, 11) is 0. The molecule has 0 unspecified atom stereocenters. The van der Waals surface area contributed by atoms with Crippen molar-refractivity contribution in [1.82, 2.24) is 4.57 Å². The molecule has 1 amide bonds. The summed E-state index contributed by atoms with van der Waals surface area (Å²) in [5.41, 5.74) is 4.02. The molecule has 22 heavy (non-hydrogen) atoms. The number of rotatable bonds is 3. The van der Waals surface area contributed by atoms with Gasteiger partial charge in [-0.1, -0.05) is 29.3 Å². The van der Waals surface area contributed by atoms with E-state index in [2.05, 4.69) is 24.4 Å². The molecule has 0 saturated heterocycles. The molecule has 112 valence electrons. The quantitative estimate of drug-likeness (QED) is 0.756. The molecule has 0 spiro atoms.